The molecule has 0 unspecified atom stereocenters. The van der Waals surface area contributed by atoms with E-state index in [-0.39, 0.29) is 11.9 Å². The Bertz CT molecular complexity index is 1040. The van der Waals surface area contributed by atoms with E-state index in [0.717, 1.165) is 42.6 Å². The van der Waals surface area contributed by atoms with E-state index in [9.17, 15) is 4.79 Å². The number of likely N-dealkylation sites (N-methyl/N-ethyl adjacent to an activating group) is 1. The Balaban J connectivity index is 1.74. The highest BCUT2D eigenvalue weighted by Crippen LogP contribution is 2.43. The van der Waals surface area contributed by atoms with Gasteiger partial charge < -0.3 is 10.2 Å². The highest BCUT2D eigenvalue weighted by Gasteiger charge is 2.31. The summed E-state index contributed by atoms with van der Waals surface area (Å²) in [4.78, 5) is 21.3. The molecule has 0 radical (unpaired) electrons. The number of nitrogens with one attached hydrogen (secondary N) is 1. The van der Waals surface area contributed by atoms with Gasteiger partial charge in [0.2, 0.25) is 0 Å². The normalized spacial score (nSPS) is 16.2. The quantitative estimate of drug-likeness (QED) is 0.409. The highest BCUT2D eigenvalue weighted by molar-refractivity contribution is 7.98. The van der Waals surface area contributed by atoms with Crippen molar-refractivity contribution < 1.29 is 4.79 Å². The van der Waals surface area contributed by atoms with Gasteiger partial charge in [-0.1, -0.05) is 25.1 Å². The number of aryl methyl sites for hydroxylation is 1. The molecule has 2 aromatic heterocycles. The van der Waals surface area contributed by atoms with Crippen LogP contribution in [0, 0.1) is 13.8 Å². The number of piperazine rings is 1. The van der Waals surface area contributed by atoms with Crippen LogP contribution in [0.15, 0.2) is 46.7 Å². The molecular formula is C25H31N3OS3. The summed E-state index contributed by atoms with van der Waals surface area (Å²) in [6, 6.07) is 12.9. The van der Waals surface area contributed by atoms with E-state index in [1.807, 2.05) is 17.5 Å². The molecule has 1 aromatic carbocycles. The molecule has 1 saturated heterocycles. The third kappa shape index (κ3) is 4.97. The molecule has 7 heteroatoms. The second kappa shape index (κ2) is 10.5. The molecule has 32 heavy (non-hydrogen) atoms. The zero-order valence-corrected chi connectivity index (χ0v) is 21.6. The van der Waals surface area contributed by atoms with Crippen LogP contribution < -0.4 is 5.32 Å². The molecule has 0 bridgehead atoms. The van der Waals surface area contributed by atoms with Gasteiger partial charge in [-0.05, 0) is 61.4 Å². The number of anilines is 1. The molecule has 1 aliphatic rings. The molecule has 1 atom stereocenters. The van der Waals surface area contributed by atoms with Gasteiger partial charge in [0.1, 0.15) is 5.00 Å². The van der Waals surface area contributed by atoms with Gasteiger partial charge in [-0.2, -0.15) is 0 Å². The number of hydrogen-bond donors (Lipinski definition) is 1. The summed E-state index contributed by atoms with van der Waals surface area (Å²) in [5.41, 5.74) is 3.83. The Kier molecular flexibility index (Phi) is 7.74. The maximum absolute atomic E-state index is 12.9. The van der Waals surface area contributed by atoms with E-state index in [1.165, 1.54) is 37.8 Å². The smallest absolute Gasteiger partial charge is 0.266 e. The zero-order chi connectivity index (χ0) is 22.7. The van der Waals surface area contributed by atoms with Crippen LogP contribution in [0.4, 0.5) is 5.00 Å². The summed E-state index contributed by atoms with van der Waals surface area (Å²) in [5.74, 6) is -0.0187. The highest BCUT2D eigenvalue weighted by atomic mass is 32.2. The van der Waals surface area contributed by atoms with Crippen LogP contribution in [-0.2, 0) is 0 Å². The topological polar surface area (TPSA) is 35.6 Å². The van der Waals surface area contributed by atoms with Crippen molar-refractivity contribution in [3.8, 4) is 0 Å². The van der Waals surface area contributed by atoms with Crippen molar-refractivity contribution in [3.05, 3.63) is 68.2 Å². The minimum Gasteiger partial charge on any atom is -0.313 e. The Morgan fingerprint density at radius 3 is 2.44 bits per heavy atom. The molecule has 0 aliphatic carbocycles. The first kappa shape index (κ1) is 23.5. The number of thioether (sulfide) groups is 1. The minimum atomic E-state index is -0.0187. The van der Waals surface area contributed by atoms with Crippen molar-refractivity contribution in [2.24, 2.45) is 0 Å². The maximum atomic E-state index is 12.9. The maximum Gasteiger partial charge on any atom is 0.266 e. The molecular weight excluding hydrogens is 454 g/mol. The molecule has 4 nitrogen and oxygen atoms in total. The third-order valence-corrected chi connectivity index (χ3v) is 9.08. The van der Waals surface area contributed by atoms with Crippen LogP contribution in [-0.4, -0.2) is 54.7 Å². The first-order valence-corrected chi connectivity index (χ1v) is 14.0. The van der Waals surface area contributed by atoms with Crippen LogP contribution in [0.25, 0.3) is 0 Å². The second-order valence-electron chi connectivity index (χ2n) is 8.10. The molecule has 1 aliphatic heterocycles. The summed E-state index contributed by atoms with van der Waals surface area (Å²) in [6.45, 7) is 11.9. The van der Waals surface area contributed by atoms with Crippen LogP contribution in [0.1, 0.15) is 44.2 Å². The van der Waals surface area contributed by atoms with Crippen LogP contribution >= 0.6 is 34.4 Å². The average molecular weight is 486 g/mol. The first-order valence-electron chi connectivity index (χ1n) is 11.1. The van der Waals surface area contributed by atoms with E-state index < -0.39 is 0 Å². The number of carbonyl (C=O) groups excluding carboxylic acids is 1. The van der Waals surface area contributed by atoms with Gasteiger partial charge in [-0.15, -0.1) is 34.4 Å². The van der Waals surface area contributed by atoms with E-state index in [1.54, 1.807) is 23.1 Å². The Morgan fingerprint density at radius 2 is 1.84 bits per heavy atom. The predicted octanol–water partition coefficient (Wildman–Crippen LogP) is 6.13. The number of nitrogens with zero attached hydrogens (tertiary/aromatic N) is 2. The average Bonchev–Trinajstić information content (AvgIpc) is 3.45. The number of thiophene rings is 2. The predicted molar refractivity (Wildman–Crippen MR) is 140 cm³/mol. The summed E-state index contributed by atoms with van der Waals surface area (Å²) in [7, 11) is 0. The van der Waals surface area contributed by atoms with E-state index in [2.05, 4.69) is 66.4 Å². The minimum absolute atomic E-state index is 0.0187. The molecule has 0 saturated carbocycles. The molecule has 0 spiro atoms. The summed E-state index contributed by atoms with van der Waals surface area (Å²) in [6.07, 6.45) is 2.11. The summed E-state index contributed by atoms with van der Waals surface area (Å²) in [5, 5.41) is 6.19. The number of carbonyl (C=O) groups is 1. The standard InChI is InChI=1S/C25H31N3OS3/c1-5-27-12-14-28(15-13-27)23(19-8-10-20(30-4)11-9-19)22-17(2)18(3)32-25(22)26-24(29)21-7-6-16-31-21/h6-11,16,23H,5,12-15H2,1-4H3,(H,26,29)/t23-/m1/s1. The van der Waals surface area contributed by atoms with Crippen LogP contribution in [0.2, 0.25) is 0 Å². The Hall–Kier alpha value is -1.64. The number of hydrogen-bond acceptors (Lipinski definition) is 6. The van der Waals surface area contributed by atoms with Gasteiger partial charge in [0.15, 0.2) is 0 Å². The molecule has 1 amide bonds. The van der Waals surface area contributed by atoms with E-state index in [0.29, 0.717) is 0 Å². The number of amides is 1. The van der Waals surface area contributed by atoms with Gasteiger partial charge in [0, 0.05) is 41.5 Å². The lowest BCUT2D eigenvalue weighted by Gasteiger charge is -2.39. The van der Waals surface area contributed by atoms with Crippen LogP contribution in [0.3, 0.4) is 0 Å². The van der Waals surface area contributed by atoms with E-state index in [4.69, 9.17) is 0 Å². The zero-order valence-electron chi connectivity index (χ0n) is 19.2. The lowest BCUT2D eigenvalue weighted by atomic mass is 9.94. The van der Waals surface area contributed by atoms with Crippen molar-refractivity contribution >= 4 is 45.3 Å². The lowest BCUT2D eigenvalue weighted by molar-refractivity contribution is 0.102. The molecule has 4 rings (SSSR count). The molecule has 3 aromatic rings. The molecule has 1 fully saturated rings. The Labute approximate surface area is 203 Å². The SMILES string of the molecule is CCN1CCN([C@H](c2ccc(SC)cc2)c2c(NC(=O)c3cccs3)sc(C)c2C)CC1. The lowest BCUT2D eigenvalue weighted by Crippen LogP contribution is -2.47. The second-order valence-corrected chi connectivity index (χ2v) is 11.2. The first-order chi connectivity index (χ1) is 15.5. The summed E-state index contributed by atoms with van der Waals surface area (Å²) < 4.78 is 0. The van der Waals surface area contributed by atoms with Gasteiger partial charge in [0.25, 0.3) is 5.91 Å². The van der Waals surface area contributed by atoms with Crippen molar-refractivity contribution in [3.63, 3.8) is 0 Å². The van der Waals surface area contributed by atoms with Crippen molar-refractivity contribution in [1.29, 1.82) is 0 Å². The fraction of sp³-hybridized carbons (Fsp3) is 0.400. The monoisotopic (exact) mass is 485 g/mol. The summed E-state index contributed by atoms with van der Waals surface area (Å²) >= 11 is 4.95. The fourth-order valence-electron chi connectivity index (χ4n) is 4.32. The van der Waals surface area contributed by atoms with Crippen molar-refractivity contribution in [2.45, 2.75) is 31.7 Å². The van der Waals surface area contributed by atoms with Gasteiger partial charge in [-0.3, -0.25) is 9.69 Å². The molecule has 170 valence electrons. The number of benzene rings is 1. The molecule has 1 N–H and O–H groups in total. The van der Waals surface area contributed by atoms with Crippen LogP contribution in [0.5, 0.6) is 0 Å². The van der Waals surface area contributed by atoms with Gasteiger partial charge in [0.05, 0.1) is 10.9 Å². The van der Waals surface area contributed by atoms with Gasteiger partial charge in [-0.25, -0.2) is 0 Å². The van der Waals surface area contributed by atoms with Crippen molar-refractivity contribution in [1.82, 2.24) is 9.80 Å². The largest absolute Gasteiger partial charge is 0.313 e. The van der Waals surface area contributed by atoms with Crippen molar-refractivity contribution in [2.75, 3.05) is 44.3 Å². The third-order valence-electron chi connectivity index (χ3n) is 6.33. The fourth-order valence-corrected chi connectivity index (χ4v) is 6.44. The molecule has 3 heterocycles. The van der Waals surface area contributed by atoms with E-state index >= 15 is 0 Å². The van der Waals surface area contributed by atoms with Gasteiger partial charge >= 0.3 is 0 Å². The Morgan fingerprint density at radius 1 is 1.12 bits per heavy atom. The number of rotatable bonds is 7.